The highest BCUT2D eigenvalue weighted by Gasteiger charge is 2.21. The number of nitrogens with one attached hydrogen (secondary N) is 1. The highest BCUT2D eigenvalue weighted by molar-refractivity contribution is 7.99. The number of hydrogen-bond acceptors (Lipinski definition) is 4. The van der Waals surface area contributed by atoms with Gasteiger partial charge in [-0.05, 0) is 44.1 Å². The lowest BCUT2D eigenvalue weighted by Gasteiger charge is -2.29. The molecule has 3 nitrogen and oxygen atoms in total. The molecule has 0 spiro atoms. The normalized spacial score (nSPS) is 22.3. The smallest absolute Gasteiger partial charge is 0.120 e. The number of nitrogens with two attached hydrogens (primary N) is 1. The van der Waals surface area contributed by atoms with E-state index in [1.54, 1.807) is 7.11 Å². The molecule has 0 unspecified atom stereocenters. The van der Waals surface area contributed by atoms with Gasteiger partial charge in [0.05, 0.1) is 7.11 Å². The summed E-state index contributed by atoms with van der Waals surface area (Å²) in [5.74, 6) is 0.824. The van der Waals surface area contributed by atoms with Crippen molar-refractivity contribution >= 4 is 34.7 Å². The molecule has 0 aromatic heterocycles. The molecule has 1 aromatic carbocycles. The highest BCUT2D eigenvalue weighted by Crippen LogP contribution is 2.30. The number of thioether (sulfide) groups is 1. The number of methoxy groups -OCH3 is 1. The molecule has 20 heavy (non-hydrogen) atoms. The van der Waals surface area contributed by atoms with E-state index < -0.39 is 0 Å². The Morgan fingerprint density at radius 1 is 1.35 bits per heavy atom. The first kappa shape index (κ1) is 15.4. The average molecular weight is 310 g/mol. The van der Waals surface area contributed by atoms with Gasteiger partial charge in [-0.25, -0.2) is 0 Å². The summed E-state index contributed by atoms with van der Waals surface area (Å²) in [5.41, 5.74) is 7.69. The van der Waals surface area contributed by atoms with Crippen LogP contribution in [0.5, 0.6) is 5.75 Å². The quantitative estimate of drug-likeness (QED) is 0.816. The van der Waals surface area contributed by atoms with Crippen LogP contribution in [0.1, 0.15) is 31.2 Å². The van der Waals surface area contributed by atoms with Crippen molar-refractivity contribution in [2.45, 2.75) is 37.0 Å². The van der Waals surface area contributed by atoms with E-state index in [4.69, 9.17) is 22.7 Å². The van der Waals surface area contributed by atoms with Gasteiger partial charge in [0.1, 0.15) is 10.7 Å². The van der Waals surface area contributed by atoms with Gasteiger partial charge in [0, 0.05) is 28.6 Å². The first-order chi connectivity index (χ1) is 9.63. The van der Waals surface area contributed by atoms with Crippen molar-refractivity contribution in [3.05, 3.63) is 23.8 Å². The van der Waals surface area contributed by atoms with Crippen LogP contribution in [0.4, 0.5) is 5.69 Å². The SMILES string of the molecule is COc1ccc(C(N)=S)c(NC2CCC(SC)CC2)c1. The van der Waals surface area contributed by atoms with Crippen LogP contribution in [0.2, 0.25) is 0 Å². The third-order valence-electron chi connectivity index (χ3n) is 3.86. The molecule has 1 aromatic rings. The minimum Gasteiger partial charge on any atom is -0.497 e. The second-order valence-corrected chi connectivity index (χ2v) is 6.71. The molecule has 0 amide bonds. The predicted octanol–water partition coefficient (Wildman–Crippen LogP) is 3.42. The molecule has 0 heterocycles. The van der Waals surface area contributed by atoms with Crippen molar-refractivity contribution in [2.24, 2.45) is 5.73 Å². The van der Waals surface area contributed by atoms with E-state index in [2.05, 4.69) is 11.6 Å². The third-order valence-corrected chi connectivity index (χ3v) is 5.22. The molecule has 5 heteroatoms. The number of ether oxygens (including phenoxy) is 1. The maximum atomic E-state index is 5.80. The standard InChI is InChI=1S/C15H22N2OS2/c1-18-11-5-8-13(15(16)19)14(9-11)17-10-3-6-12(20-2)7-4-10/h5,8-10,12,17H,3-4,6-7H2,1-2H3,(H2,16,19). The van der Waals surface area contributed by atoms with Gasteiger partial charge in [0.15, 0.2) is 0 Å². The molecule has 1 saturated carbocycles. The van der Waals surface area contributed by atoms with E-state index >= 15 is 0 Å². The molecule has 0 radical (unpaired) electrons. The Bertz CT molecular complexity index is 471. The van der Waals surface area contributed by atoms with E-state index in [0.717, 1.165) is 22.3 Å². The summed E-state index contributed by atoms with van der Waals surface area (Å²) >= 11 is 7.11. The van der Waals surface area contributed by atoms with Crippen LogP contribution in [0, 0.1) is 0 Å². The van der Waals surface area contributed by atoms with Gasteiger partial charge in [-0.3, -0.25) is 0 Å². The number of rotatable bonds is 5. The summed E-state index contributed by atoms with van der Waals surface area (Å²) in [4.78, 5) is 0.424. The Labute approximate surface area is 130 Å². The Morgan fingerprint density at radius 2 is 2.05 bits per heavy atom. The van der Waals surface area contributed by atoms with E-state index in [-0.39, 0.29) is 0 Å². The van der Waals surface area contributed by atoms with Crippen LogP contribution in [0.15, 0.2) is 18.2 Å². The van der Waals surface area contributed by atoms with Gasteiger partial charge >= 0.3 is 0 Å². The Morgan fingerprint density at radius 3 is 2.60 bits per heavy atom. The first-order valence-corrected chi connectivity index (χ1v) is 8.60. The second kappa shape index (κ2) is 7.18. The van der Waals surface area contributed by atoms with Crippen molar-refractivity contribution in [1.29, 1.82) is 0 Å². The highest BCUT2D eigenvalue weighted by atomic mass is 32.2. The largest absolute Gasteiger partial charge is 0.497 e. The summed E-state index contributed by atoms with van der Waals surface area (Å²) < 4.78 is 5.29. The van der Waals surface area contributed by atoms with Crippen molar-refractivity contribution in [3.63, 3.8) is 0 Å². The zero-order chi connectivity index (χ0) is 14.5. The van der Waals surface area contributed by atoms with Crippen LogP contribution in [0.3, 0.4) is 0 Å². The second-order valence-electron chi connectivity index (χ2n) is 5.13. The molecule has 0 saturated heterocycles. The lowest BCUT2D eigenvalue weighted by Crippen LogP contribution is -2.28. The Balaban J connectivity index is 2.09. The number of hydrogen-bond donors (Lipinski definition) is 2. The van der Waals surface area contributed by atoms with Crippen molar-refractivity contribution < 1.29 is 4.74 Å². The number of thiocarbonyl (C=S) groups is 1. The minimum absolute atomic E-state index is 0.424. The zero-order valence-corrected chi connectivity index (χ0v) is 13.7. The molecule has 110 valence electrons. The topological polar surface area (TPSA) is 47.3 Å². The maximum absolute atomic E-state index is 5.80. The van der Waals surface area contributed by atoms with Crippen LogP contribution >= 0.6 is 24.0 Å². The molecule has 0 aliphatic heterocycles. The maximum Gasteiger partial charge on any atom is 0.120 e. The van der Waals surface area contributed by atoms with Crippen LogP contribution in [-0.2, 0) is 0 Å². The minimum atomic E-state index is 0.424. The number of benzene rings is 1. The molecule has 1 aliphatic rings. The summed E-state index contributed by atoms with van der Waals surface area (Å²) in [7, 11) is 1.67. The molecular formula is C15H22N2OS2. The van der Waals surface area contributed by atoms with Gasteiger partial charge in [-0.2, -0.15) is 11.8 Å². The zero-order valence-electron chi connectivity index (χ0n) is 12.0. The first-order valence-electron chi connectivity index (χ1n) is 6.91. The van der Waals surface area contributed by atoms with Crippen molar-refractivity contribution in [3.8, 4) is 5.75 Å². The van der Waals surface area contributed by atoms with Gasteiger partial charge in [0.25, 0.3) is 0 Å². The molecule has 1 aliphatic carbocycles. The molecular weight excluding hydrogens is 288 g/mol. The molecule has 3 N–H and O–H groups in total. The fourth-order valence-corrected chi connectivity index (χ4v) is 3.57. The molecule has 1 fully saturated rings. The monoisotopic (exact) mass is 310 g/mol. The van der Waals surface area contributed by atoms with E-state index in [1.165, 1.54) is 25.7 Å². The van der Waals surface area contributed by atoms with Crippen LogP contribution < -0.4 is 15.8 Å². The average Bonchev–Trinajstić information content (AvgIpc) is 2.47. The number of anilines is 1. The van der Waals surface area contributed by atoms with Crippen LogP contribution in [0.25, 0.3) is 0 Å². The lowest BCUT2D eigenvalue weighted by atomic mass is 9.94. The van der Waals surface area contributed by atoms with Crippen LogP contribution in [-0.4, -0.2) is 29.6 Å². The molecule has 0 atom stereocenters. The van der Waals surface area contributed by atoms with Gasteiger partial charge < -0.3 is 15.8 Å². The van der Waals surface area contributed by atoms with E-state index in [1.807, 2.05) is 30.0 Å². The van der Waals surface area contributed by atoms with Gasteiger partial charge in [-0.15, -0.1) is 0 Å². The third kappa shape index (κ3) is 3.79. The van der Waals surface area contributed by atoms with E-state index in [0.29, 0.717) is 11.0 Å². The van der Waals surface area contributed by atoms with E-state index in [9.17, 15) is 0 Å². The lowest BCUT2D eigenvalue weighted by molar-refractivity contribution is 0.414. The van der Waals surface area contributed by atoms with Gasteiger partial charge in [0.2, 0.25) is 0 Å². The Kier molecular flexibility index (Phi) is 5.54. The summed E-state index contributed by atoms with van der Waals surface area (Å²) in [5, 5.41) is 4.41. The predicted molar refractivity (Wildman–Crippen MR) is 92.1 cm³/mol. The molecule has 0 bridgehead atoms. The Hall–Kier alpha value is -0.940. The summed E-state index contributed by atoms with van der Waals surface area (Å²) in [6.07, 6.45) is 7.13. The summed E-state index contributed by atoms with van der Waals surface area (Å²) in [6.45, 7) is 0. The van der Waals surface area contributed by atoms with Crippen molar-refractivity contribution in [1.82, 2.24) is 0 Å². The van der Waals surface area contributed by atoms with Gasteiger partial charge in [-0.1, -0.05) is 12.2 Å². The molecule has 2 rings (SSSR count). The fourth-order valence-electron chi connectivity index (χ4n) is 2.65. The fraction of sp³-hybridized carbons (Fsp3) is 0.533. The summed E-state index contributed by atoms with van der Waals surface area (Å²) in [6, 6.07) is 6.30. The van der Waals surface area contributed by atoms with Crippen molar-refractivity contribution in [2.75, 3.05) is 18.7 Å².